The fourth-order valence-corrected chi connectivity index (χ4v) is 0.865. The average molecular weight is 218 g/mol. The number of ether oxygens (including phenoxy) is 1. The lowest BCUT2D eigenvalue weighted by Gasteiger charge is -2.17. The second-order valence-electron chi connectivity index (χ2n) is 3.24. The highest BCUT2D eigenvalue weighted by Gasteiger charge is 2.23. The SMILES string of the molecule is CC(C)[C@H](NC(=O)COC(N)=O)C(=O)O. The molecule has 2 amide bonds. The zero-order valence-electron chi connectivity index (χ0n) is 8.52. The van der Waals surface area contributed by atoms with Gasteiger partial charge in [0, 0.05) is 0 Å². The maximum absolute atomic E-state index is 11.1. The highest BCUT2D eigenvalue weighted by Crippen LogP contribution is 2.01. The number of primary amides is 1. The third-order valence-electron chi connectivity index (χ3n) is 1.59. The zero-order valence-corrected chi connectivity index (χ0v) is 8.52. The molecule has 0 bridgehead atoms. The summed E-state index contributed by atoms with van der Waals surface area (Å²) in [4.78, 5) is 31.9. The first-order valence-corrected chi connectivity index (χ1v) is 4.29. The number of amides is 2. The standard InChI is InChI=1S/C8H14N2O5/c1-4(2)6(7(12)13)10-5(11)3-15-8(9)14/h4,6H,3H2,1-2H3,(H2,9,14)(H,10,11)(H,12,13)/t6-/m0/s1. The number of hydrogen-bond acceptors (Lipinski definition) is 4. The number of carboxylic acids is 1. The van der Waals surface area contributed by atoms with Crippen LogP contribution in [-0.2, 0) is 14.3 Å². The summed E-state index contributed by atoms with van der Waals surface area (Å²) in [5, 5.41) is 10.9. The molecule has 0 aliphatic carbocycles. The molecular formula is C8H14N2O5. The summed E-state index contributed by atoms with van der Waals surface area (Å²) >= 11 is 0. The number of carbonyl (C=O) groups is 3. The molecule has 0 heterocycles. The van der Waals surface area contributed by atoms with Crippen molar-refractivity contribution in [1.29, 1.82) is 0 Å². The van der Waals surface area contributed by atoms with E-state index < -0.39 is 30.6 Å². The van der Waals surface area contributed by atoms with Crippen LogP contribution in [0.25, 0.3) is 0 Å². The first-order valence-electron chi connectivity index (χ1n) is 4.29. The molecule has 0 fully saturated rings. The van der Waals surface area contributed by atoms with Gasteiger partial charge >= 0.3 is 12.1 Å². The van der Waals surface area contributed by atoms with Gasteiger partial charge in [-0.15, -0.1) is 0 Å². The monoisotopic (exact) mass is 218 g/mol. The molecule has 0 aliphatic rings. The van der Waals surface area contributed by atoms with Crippen LogP contribution in [0, 0.1) is 5.92 Å². The van der Waals surface area contributed by atoms with Gasteiger partial charge in [0.1, 0.15) is 6.04 Å². The van der Waals surface area contributed by atoms with Gasteiger partial charge in [0.15, 0.2) is 6.61 Å². The molecule has 0 rings (SSSR count). The van der Waals surface area contributed by atoms with Gasteiger partial charge < -0.3 is 20.9 Å². The Hall–Kier alpha value is -1.79. The Balaban J connectivity index is 4.12. The van der Waals surface area contributed by atoms with Gasteiger partial charge in [-0.2, -0.15) is 0 Å². The molecule has 0 radical (unpaired) electrons. The van der Waals surface area contributed by atoms with Crippen LogP contribution >= 0.6 is 0 Å². The molecule has 0 unspecified atom stereocenters. The first kappa shape index (κ1) is 13.2. The molecule has 0 aliphatic heterocycles. The highest BCUT2D eigenvalue weighted by atomic mass is 16.5. The number of nitrogens with one attached hydrogen (secondary N) is 1. The Morgan fingerprint density at radius 1 is 1.40 bits per heavy atom. The van der Waals surface area contributed by atoms with E-state index in [1.54, 1.807) is 13.8 Å². The summed E-state index contributed by atoms with van der Waals surface area (Å²) in [6, 6.07) is -1.01. The van der Waals surface area contributed by atoms with Gasteiger partial charge in [-0.05, 0) is 5.92 Å². The number of aliphatic carboxylic acids is 1. The Morgan fingerprint density at radius 3 is 2.27 bits per heavy atom. The van der Waals surface area contributed by atoms with Crippen LogP contribution < -0.4 is 11.1 Å². The van der Waals surface area contributed by atoms with E-state index in [1.165, 1.54) is 0 Å². The molecule has 86 valence electrons. The van der Waals surface area contributed by atoms with Gasteiger partial charge in [0.25, 0.3) is 5.91 Å². The lowest BCUT2D eigenvalue weighted by Crippen LogP contribution is -2.46. The molecule has 0 saturated heterocycles. The molecule has 1 atom stereocenters. The molecular weight excluding hydrogens is 204 g/mol. The summed E-state index contributed by atoms with van der Waals surface area (Å²) in [6.07, 6.45) is -1.08. The average Bonchev–Trinajstić information content (AvgIpc) is 2.09. The van der Waals surface area contributed by atoms with E-state index in [2.05, 4.69) is 15.8 Å². The predicted molar refractivity (Wildman–Crippen MR) is 49.9 cm³/mol. The molecule has 0 aromatic rings. The minimum absolute atomic E-state index is 0.264. The van der Waals surface area contributed by atoms with Gasteiger partial charge in [0.2, 0.25) is 0 Å². The minimum atomic E-state index is -1.14. The Labute approximate surface area is 86.6 Å². The molecule has 0 spiro atoms. The Morgan fingerprint density at radius 2 is 1.93 bits per heavy atom. The van der Waals surface area contributed by atoms with Gasteiger partial charge in [-0.25, -0.2) is 9.59 Å². The van der Waals surface area contributed by atoms with Crippen LogP contribution in [0.5, 0.6) is 0 Å². The summed E-state index contributed by atoms with van der Waals surface area (Å²) in [7, 11) is 0. The molecule has 7 nitrogen and oxygen atoms in total. The van der Waals surface area contributed by atoms with Gasteiger partial charge in [-0.1, -0.05) is 13.8 Å². The number of nitrogens with two attached hydrogens (primary N) is 1. The van der Waals surface area contributed by atoms with Crippen molar-refractivity contribution in [2.24, 2.45) is 11.7 Å². The molecule has 4 N–H and O–H groups in total. The van der Waals surface area contributed by atoms with E-state index in [0.717, 1.165) is 0 Å². The lowest BCUT2D eigenvalue weighted by molar-refractivity contribution is -0.143. The van der Waals surface area contributed by atoms with E-state index in [0.29, 0.717) is 0 Å². The number of rotatable bonds is 5. The van der Waals surface area contributed by atoms with Crippen LogP contribution in [-0.4, -0.2) is 35.7 Å². The van der Waals surface area contributed by atoms with Crippen LogP contribution in [0.1, 0.15) is 13.8 Å². The minimum Gasteiger partial charge on any atom is -0.480 e. The predicted octanol–water partition coefficient (Wildman–Crippen LogP) is -0.693. The maximum atomic E-state index is 11.1. The Kier molecular flexibility index (Phi) is 5.14. The summed E-state index contributed by atoms with van der Waals surface area (Å²) in [5.41, 5.74) is 4.63. The topological polar surface area (TPSA) is 119 Å². The second kappa shape index (κ2) is 5.84. The molecule has 0 saturated carbocycles. The van der Waals surface area contributed by atoms with Crippen molar-refractivity contribution in [2.45, 2.75) is 19.9 Å². The molecule has 7 heteroatoms. The van der Waals surface area contributed by atoms with Crippen LogP contribution in [0.2, 0.25) is 0 Å². The maximum Gasteiger partial charge on any atom is 0.405 e. The number of carboxylic acid groups (broad SMARTS) is 1. The fraction of sp³-hybridized carbons (Fsp3) is 0.625. The summed E-state index contributed by atoms with van der Waals surface area (Å²) in [6.45, 7) is 2.72. The third-order valence-corrected chi connectivity index (χ3v) is 1.59. The smallest absolute Gasteiger partial charge is 0.405 e. The summed E-state index contributed by atoms with van der Waals surface area (Å²) in [5.74, 6) is -2.10. The van der Waals surface area contributed by atoms with Crippen molar-refractivity contribution in [1.82, 2.24) is 5.32 Å². The fourth-order valence-electron chi connectivity index (χ4n) is 0.865. The van der Waals surface area contributed by atoms with Crippen molar-refractivity contribution >= 4 is 18.0 Å². The van der Waals surface area contributed by atoms with Crippen molar-refractivity contribution in [2.75, 3.05) is 6.61 Å². The van der Waals surface area contributed by atoms with E-state index in [4.69, 9.17) is 5.11 Å². The van der Waals surface area contributed by atoms with E-state index in [-0.39, 0.29) is 5.92 Å². The molecule has 0 aromatic heterocycles. The highest BCUT2D eigenvalue weighted by molar-refractivity contribution is 5.85. The number of hydrogen-bond donors (Lipinski definition) is 3. The first-order chi connectivity index (χ1) is 6.84. The van der Waals surface area contributed by atoms with E-state index in [1.807, 2.05) is 0 Å². The van der Waals surface area contributed by atoms with Crippen molar-refractivity contribution in [3.05, 3.63) is 0 Å². The van der Waals surface area contributed by atoms with Crippen molar-refractivity contribution in [3.8, 4) is 0 Å². The quantitative estimate of drug-likeness (QED) is 0.564. The van der Waals surface area contributed by atoms with Crippen LogP contribution in [0.3, 0.4) is 0 Å². The van der Waals surface area contributed by atoms with Crippen LogP contribution in [0.4, 0.5) is 4.79 Å². The van der Waals surface area contributed by atoms with Crippen molar-refractivity contribution < 1.29 is 24.2 Å². The van der Waals surface area contributed by atoms with Gasteiger partial charge in [0.05, 0.1) is 0 Å². The van der Waals surface area contributed by atoms with E-state index >= 15 is 0 Å². The normalized spacial score (nSPS) is 11.9. The number of carbonyl (C=O) groups excluding carboxylic acids is 2. The van der Waals surface area contributed by atoms with Crippen molar-refractivity contribution in [3.63, 3.8) is 0 Å². The lowest BCUT2D eigenvalue weighted by atomic mass is 10.1. The zero-order chi connectivity index (χ0) is 12.0. The van der Waals surface area contributed by atoms with E-state index in [9.17, 15) is 14.4 Å². The van der Waals surface area contributed by atoms with Gasteiger partial charge in [-0.3, -0.25) is 4.79 Å². The van der Waals surface area contributed by atoms with Crippen LogP contribution in [0.15, 0.2) is 0 Å². The molecule has 15 heavy (non-hydrogen) atoms. The second-order valence-corrected chi connectivity index (χ2v) is 3.24. The largest absolute Gasteiger partial charge is 0.480 e. The third kappa shape index (κ3) is 5.50. The summed E-state index contributed by atoms with van der Waals surface area (Å²) < 4.78 is 4.20. The Bertz CT molecular complexity index is 264. The molecule has 0 aromatic carbocycles.